The van der Waals surface area contributed by atoms with Gasteiger partial charge < -0.3 is 15.3 Å². The predicted octanol–water partition coefficient (Wildman–Crippen LogP) is 2.54. The van der Waals surface area contributed by atoms with Gasteiger partial charge in [0, 0.05) is 11.1 Å². The van der Waals surface area contributed by atoms with Crippen LogP contribution in [0.2, 0.25) is 0 Å². The number of anilines is 1. The summed E-state index contributed by atoms with van der Waals surface area (Å²) in [5.74, 6) is -1.17. The van der Waals surface area contributed by atoms with Gasteiger partial charge in [0.15, 0.2) is 11.1 Å². The number of benzene rings is 3. The van der Waals surface area contributed by atoms with Gasteiger partial charge in [0.25, 0.3) is 15.9 Å². The summed E-state index contributed by atoms with van der Waals surface area (Å²) in [6, 6.07) is 23.0. The number of nitrogens with zero attached hydrogens (tertiary/aromatic N) is 2. The Bertz CT molecular complexity index is 1240. The first-order valence-electron chi connectivity index (χ1n) is 9.54. The molecule has 3 N–H and O–H groups in total. The highest BCUT2D eigenvalue weighted by molar-refractivity contribution is 7.90. The number of para-hydroxylation sites is 1. The average Bonchev–Trinajstić information content (AvgIpc) is 3.16. The van der Waals surface area contributed by atoms with E-state index in [1.165, 1.54) is 12.1 Å². The molecule has 32 heavy (non-hydrogen) atoms. The molecule has 2 unspecified atom stereocenters. The van der Waals surface area contributed by atoms with Crippen molar-refractivity contribution in [1.82, 2.24) is 14.8 Å². The van der Waals surface area contributed by atoms with Crippen LogP contribution >= 0.6 is 0 Å². The highest BCUT2D eigenvalue weighted by Crippen LogP contribution is 2.36. The van der Waals surface area contributed by atoms with E-state index in [0.29, 0.717) is 16.8 Å². The van der Waals surface area contributed by atoms with E-state index < -0.39 is 39.1 Å². The average molecular weight is 473 g/mol. The summed E-state index contributed by atoms with van der Waals surface area (Å²) in [6.07, 6.45) is -0.957. The monoisotopic (exact) mass is 472 g/mol. The lowest BCUT2D eigenvalue weighted by Crippen LogP contribution is -2.53. The number of nitrogens with one attached hydrogen (secondary N) is 2. The molecule has 1 heterocycles. The third kappa shape index (κ3) is 4.42. The maximum absolute atomic E-state index is 13.4. The van der Waals surface area contributed by atoms with E-state index in [9.17, 15) is 22.0 Å². The molecule has 1 aliphatic heterocycles. The SMILES string of the molecule is O=C(NC1c2ccccc2NN1N(CS(=O)O)S(=O)(=O)c1ccccc1)c1ccccc1. The number of hydrazine groups is 2. The van der Waals surface area contributed by atoms with Crippen LogP contribution in [0.4, 0.5) is 5.69 Å². The Hall–Kier alpha value is -3.09. The third-order valence-corrected chi connectivity index (χ3v) is 7.18. The van der Waals surface area contributed by atoms with Gasteiger partial charge in [-0.25, -0.2) is 12.6 Å². The first kappa shape index (κ1) is 22.1. The second kappa shape index (κ2) is 9.18. The minimum atomic E-state index is -4.24. The Morgan fingerprint density at radius 3 is 2.25 bits per heavy atom. The van der Waals surface area contributed by atoms with E-state index in [1.54, 1.807) is 72.8 Å². The van der Waals surface area contributed by atoms with Crippen LogP contribution in [0.15, 0.2) is 89.8 Å². The molecule has 166 valence electrons. The highest BCUT2D eigenvalue weighted by atomic mass is 32.2. The summed E-state index contributed by atoms with van der Waals surface area (Å²) in [6.45, 7) is 0. The molecule has 1 aliphatic rings. The van der Waals surface area contributed by atoms with Gasteiger partial charge in [0.05, 0.1) is 10.6 Å². The number of amides is 1. The van der Waals surface area contributed by atoms with E-state index in [-0.39, 0.29) is 4.90 Å². The van der Waals surface area contributed by atoms with E-state index >= 15 is 0 Å². The van der Waals surface area contributed by atoms with Crippen molar-refractivity contribution in [3.05, 3.63) is 96.1 Å². The van der Waals surface area contributed by atoms with E-state index in [4.69, 9.17) is 0 Å². The smallest absolute Gasteiger partial charge is 0.258 e. The van der Waals surface area contributed by atoms with Gasteiger partial charge in [0.1, 0.15) is 12.0 Å². The van der Waals surface area contributed by atoms with Crippen LogP contribution in [0.25, 0.3) is 0 Å². The lowest BCUT2D eigenvalue weighted by molar-refractivity contribution is 0.0444. The standard InChI is InChI=1S/C21H20N4O5S2/c26-21(16-9-3-1-4-10-16)22-20-18-13-7-8-14-19(18)23-25(20)24(15-31(27)28)32(29,30)17-11-5-2-6-12-17/h1-14,20,23H,15H2,(H,22,26)(H,27,28). The van der Waals surface area contributed by atoms with Crippen molar-refractivity contribution in [2.45, 2.75) is 11.1 Å². The normalized spacial score (nSPS) is 16.9. The van der Waals surface area contributed by atoms with Crippen molar-refractivity contribution in [2.75, 3.05) is 11.3 Å². The van der Waals surface area contributed by atoms with Gasteiger partial charge in [0.2, 0.25) is 0 Å². The molecular formula is C21H20N4O5S2. The Kier molecular flexibility index (Phi) is 6.35. The quantitative estimate of drug-likeness (QED) is 0.452. The number of rotatable bonds is 7. The third-order valence-electron chi connectivity index (χ3n) is 4.82. The number of fused-ring (bicyclic) bond motifs is 1. The molecule has 1 amide bonds. The molecule has 0 saturated carbocycles. The molecule has 2 atom stereocenters. The van der Waals surface area contributed by atoms with Gasteiger partial charge in [-0.1, -0.05) is 59.0 Å². The maximum Gasteiger partial charge on any atom is 0.258 e. The summed E-state index contributed by atoms with van der Waals surface area (Å²) >= 11 is -2.49. The molecular weight excluding hydrogens is 452 g/mol. The molecule has 3 aromatic rings. The molecule has 0 aromatic heterocycles. The van der Waals surface area contributed by atoms with Gasteiger partial charge in [-0.3, -0.25) is 4.79 Å². The summed E-state index contributed by atoms with van der Waals surface area (Å²) < 4.78 is 48.9. The fraction of sp³-hybridized carbons (Fsp3) is 0.0952. The molecule has 0 spiro atoms. The summed E-state index contributed by atoms with van der Waals surface area (Å²) in [4.78, 5) is 12.8. The van der Waals surface area contributed by atoms with Crippen molar-refractivity contribution < 1.29 is 22.0 Å². The Balaban J connectivity index is 1.75. The topological polar surface area (TPSA) is 119 Å². The van der Waals surface area contributed by atoms with Crippen LogP contribution in [0, 0.1) is 0 Å². The second-order valence-electron chi connectivity index (χ2n) is 6.88. The Morgan fingerprint density at radius 2 is 1.59 bits per heavy atom. The summed E-state index contributed by atoms with van der Waals surface area (Å²) in [5, 5.41) is 3.97. The van der Waals surface area contributed by atoms with Crippen LogP contribution in [0.1, 0.15) is 22.1 Å². The fourth-order valence-electron chi connectivity index (χ4n) is 3.33. The molecule has 3 aromatic carbocycles. The van der Waals surface area contributed by atoms with Gasteiger partial charge in [-0.2, -0.15) is 0 Å². The Labute approximate surface area is 187 Å². The van der Waals surface area contributed by atoms with Crippen molar-refractivity contribution >= 4 is 32.7 Å². The molecule has 0 bridgehead atoms. The predicted molar refractivity (Wildman–Crippen MR) is 120 cm³/mol. The zero-order valence-corrected chi connectivity index (χ0v) is 18.3. The first-order chi connectivity index (χ1) is 15.4. The maximum atomic E-state index is 13.4. The lowest BCUT2D eigenvalue weighted by Gasteiger charge is -2.34. The van der Waals surface area contributed by atoms with Crippen LogP contribution in [-0.4, -0.2) is 38.5 Å². The van der Waals surface area contributed by atoms with Crippen LogP contribution in [0.3, 0.4) is 0 Å². The molecule has 0 aliphatic carbocycles. The molecule has 11 heteroatoms. The Morgan fingerprint density at radius 1 is 1.00 bits per heavy atom. The fourth-order valence-corrected chi connectivity index (χ4v) is 5.58. The van der Waals surface area contributed by atoms with Crippen molar-refractivity contribution in [1.29, 1.82) is 0 Å². The number of hydrogen-bond acceptors (Lipinski definition) is 6. The molecule has 0 fully saturated rings. The summed E-state index contributed by atoms with van der Waals surface area (Å²) in [5.41, 5.74) is 4.49. The van der Waals surface area contributed by atoms with Crippen molar-refractivity contribution in [3.63, 3.8) is 0 Å². The van der Waals surface area contributed by atoms with Crippen molar-refractivity contribution in [3.8, 4) is 0 Å². The van der Waals surface area contributed by atoms with Crippen LogP contribution in [0.5, 0.6) is 0 Å². The van der Waals surface area contributed by atoms with Crippen molar-refractivity contribution in [2.24, 2.45) is 0 Å². The van der Waals surface area contributed by atoms with Gasteiger partial charge >= 0.3 is 0 Å². The van der Waals surface area contributed by atoms with Crippen LogP contribution in [-0.2, 0) is 21.1 Å². The van der Waals surface area contributed by atoms with E-state index in [2.05, 4.69) is 10.7 Å². The second-order valence-corrected chi connectivity index (χ2v) is 9.62. The minimum absolute atomic E-state index is 0.0589. The largest absolute Gasteiger partial charge is 0.330 e. The number of carbonyl (C=O) groups excluding carboxylic acids is 1. The minimum Gasteiger partial charge on any atom is -0.330 e. The van der Waals surface area contributed by atoms with E-state index in [1.807, 2.05) is 0 Å². The zero-order chi connectivity index (χ0) is 22.7. The number of carbonyl (C=O) groups is 1. The lowest BCUT2D eigenvalue weighted by atomic mass is 10.1. The first-order valence-corrected chi connectivity index (χ1v) is 12.3. The van der Waals surface area contributed by atoms with Crippen LogP contribution < -0.4 is 10.7 Å². The molecule has 0 saturated heterocycles. The van der Waals surface area contributed by atoms with E-state index in [0.717, 1.165) is 9.53 Å². The van der Waals surface area contributed by atoms with Gasteiger partial charge in [-0.15, -0.1) is 5.12 Å². The molecule has 9 nitrogen and oxygen atoms in total. The molecule has 4 rings (SSSR count). The highest BCUT2D eigenvalue weighted by Gasteiger charge is 2.41. The molecule has 0 radical (unpaired) electrons. The zero-order valence-electron chi connectivity index (χ0n) is 16.7. The van der Waals surface area contributed by atoms with Gasteiger partial charge in [-0.05, 0) is 30.3 Å². The summed E-state index contributed by atoms with van der Waals surface area (Å²) in [7, 11) is -4.24. The number of sulfonamides is 1. The number of hydrogen-bond donors (Lipinski definition) is 3.